The third-order valence-corrected chi connectivity index (χ3v) is 7.69. The summed E-state index contributed by atoms with van der Waals surface area (Å²) in [6.07, 6.45) is 2.23. The van der Waals surface area contributed by atoms with Crippen molar-refractivity contribution in [3.8, 4) is 0 Å². The standard InChI is InChI=1S/C20H22N4O3S2/c1-2-14-8-10-16(11-9-14)21-20(25)15-5-4-12-24(13-15)29(26,27)18-7-3-6-17-19(18)23-28-22-17/h3,6-11,15H,2,4-5,12-13H2,1H3,(H,21,25). The quantitative estimate of drug-likeness (QED) is 0.671. The van der Waals surface area contributed by atoms with E-state index in [1.54, 1.807) is 18.2 Å². The van der Waals surface area contributed by atoms with Gasteiger partial charge in [0.2, 0.25) is 15.9 Å². The minimum absolute atomic E-state index is 0.150. The van der Waals surface area contributed by atoms with E-state index in [-0.39, 0.29) is 17.3 Å². The Balaban J connectivity index is 1.51. The van der Waals surface area contributed by atoms with Gasteiger partial charge < -0.3 is 5.32 Å². The maximum absolute atomic E-state index is 13.2. The molecule has 0 spiro atoms. The van der Waals surface area contributed by atoms with Gasteiger partial charge in [0, 0.05) is 18.8 Å². The second-order valence-corrected chi connectivity index (χ2v) is 9.56. The summed E-state index contributed by atoms with van der Waals surface area (Å²) in [6.45, 7) is 2.63. The number of sulfonamides is 1. The predicted molar refractivity (Wildman–Crippen MR) is 113 cm³/mol. The fourth-order valence-electron chi connectivity index (χ4n) is 3.57. The summed E-state index contributed by atoms with van der Waals surface area (Å²) < 4.78 is 36.1. The lowest BCUT2D eigenvalue weighted by Crippen LogP contribution is -2.43. The zero-order valence-electron chi connectivity index (χ0n) is 16.0. The van der Waals surface area contributed by atoms with E-state index in [0.29, 0.717) is 30.4 Å². The lowest BCUT2D eigenvalue weighted by Gasteiger charge is -2.31. The van der Waals surface area contributed by atoms with Crippen LogP contribution < -0.4 is 5.32 Å². The van der Waals surface area contributed by atoms with Crippen molar-refractivity contribution in [3.05, 3.63) is 48.0 Å². The van der Waals surface area contributed by atoms with Gasteiger partial charge in [-0.15, -0.1) is 0 Å². The van der Waals surface area contributed by atoms with Gasteiger partial charge in [-0.05, 0) is 49.1 Å². The van der Waals surface area contributed by atoms with Crippen molar-refractivity contribution in [3.63, 3.8) is 0 Å². The van der Waals surface area contributed by atoms with Crippen LogP contribution in [0.1, 0.15) is 25.3 Å². The summed E-state index contributed by atoms with van der Waals surface area (Å²) >= 11 is 0.992. The number of aromatic nitrogens is 2. The first kappa shape index (κ1) is 19.9. The van der Waals surface area contributed by atoms with E-state index in [9.17, 15) is 13.2 Å². The summed E-state index contributed by atoms with van der Waals surface area (Å²) in [5.41, 5.74) is 2.88. The molecule has 1 N–H and O–H groups in total. The molecular weight excluding hydrogens is 408 g/mol. The van der Waals surface area contributed by atoms with Crippen LogP contribution in [-0.2, 0) is 21.2 Å². The number of carbonyl (C=O) groups excluding carboxylic acids is 1. The Morgan fingerprint density at radius 2 is 2.00 bits per heavy atom. The Bertz CT molecular complexity index is 1130. The van der Waals surface area contributed by atoms with Crippen molar-refractivity contribution in [2.75, 3.05) is 18.4 Å². The van der Waals surface area contributed by atoms with E-state index in [2.05, 4.69) is 21.0 Å². The molecule has 4 rings (SSSR count). The Morgan fingerprint density at radius 3 is 2.76 bits per heavy atom. The van der Waals surface area contributed by atoms with Gasteiger partial charge in [0.1, 0.15) is 15.9 Å². The molecule has 0 aliphatic carbocycles. The number of hydrogen-bond donors (Lipinski definition) is 1. The molecule has 1 amide bonds. The first-order chi connectivity index (χ1) is 14.0. The predicted octanol–water partition coefficient (Wildman–Crippen LogP) is 3.29. The molecule has 1 fully saturated rings. The van der Waals surface area contributed by atoms with Crippen LogP contribution in [0.4, 0.5) is 5.69 Å². The van der Waals surface area contributed by atoms with E-state index < -0.39 is 15.9 Å². The van der Waals surface area contributed by atoms with Gasteiger partial charge in [-0.1, -0.05) is 25.1 Å². The first-order valence-corrected chi connectivity index (χ1v) is 11.8. The number of amides is 1. The largest absolute Gasteiger partial charge is 0.326 e. The van der Waals surface area contributed by atoms with Crippen LogP contribution in [-0.4, -0.2) is 40.5 Å². The Labute approximate surface area is 174 Å². The molecule has 0 bridgehead atoms. The minimum atomic E-state index is -3.75. The number of carbonyl (C=O) groups is 1. The van der Waals surface area contributed by atoms with Crippen molar-refractivity contribution in [2.24, 2.45) is 5.92 Å². The maximum atomic E-state index is 13.2. The van der Waals surface area contributed by atoms with Crippen LogP contribution in [0.25, 0.3) is 11.0 Å². The average Bonchev–Trinajstić information content (AvgIpc) is 3.23. The van der Waals surface area contributed by atoms with Gasteiger partial charge >= 0.3 is 0 Å². The molecule has 2 heterocycles. The van der Waals surface area contributed by atoms with Crippen molar-refractivity contribution < 1.29 is 13.2 Å². The number of fused-ring (bicyclic) bond motifs is 1. The SMILES string of the molecule is CCc1ccc(NC(=O)C2CCCN(S(=O)(=O)c3cccc4nsnc34)C2)cc1. The summed E-state index contributed by atoms with van der Waals surface area (Å²) in [6, 6.07) is 12.7. The number of anilines is 1. The fourth-order valence-corrected chi connectivity index (χ4v) is 5.85. The van der Waals surface area contributed by atoms with Gasteiger partial charge in [0.05, 0.1) is 17.6 Å². The second-order valence-electron chi connectivity index (χ2n) is 7.13. The molecule has 152 valence electrons. The molecule has 1 aromatic heterocycles. The monoisotopic (exact) mass is 430 g/mol. The molecule has 0 radical (unpaired) electrons. The van der Waals surface area contributed by atoms with E-state index in [1.165, 1.54) is 9.87 Å². The van der Waals surface area contributed by atoms with Crippen LogP contribution in [0.3, 0.4) is 0 Å². The lowest BCUT2D eigenvalue weighted by atomic mass is 9.98. The van der Waals surface area contributed by atoms with Crippen molar-refractivity contribution in [1.82, 2.24) is 13.1 Å². The normalized spacial score (nSPS) is 18.0. The molecule has 29 heavy (non-hydrogen) atoms. The Hall–Kier alpha value is -2.36. The van der Waals surface area contributed by atoms with E-state index in [0.717, 1.165) is 23.8 Å². The van der Waals surface area contributed by atoms with E-state index in [4.69, 9.17) is 0 Å². The van der Waals surface area contributed by atoms with E-state index in [1.807, 2.05) is 24.3 Å². The van der Waals surface area contributed by atoms with Crippen molar-refractivity contribution >= 4 is 44.4 Å². The first-order valence-electron chi connectivity index (χ1n) is 9.60. The van der Waals surface area contributed by atoms with E-state index >= 15 is 0 Å². The zero-order valence-corrected chi connectivity index (χ0v) is 17.7. The lowest BCUT2D eigenvalue weighted by molar-refractivity contribution is -0.120. The van der Waals surface area contributed by atoms with Gasteiger partial charge in [0.15, 0.2) is 0 Å². The molecule has 1 aliphatic rings. The molecule has 1 aliphatic heterocycles. The topological polar surface area (TPSA) is 92.3 Å². The summed E-state index contributed by atoms with van der Waals surface area (Å²) in [5.74, 6) is -0.542. The number of hydrogen-bond acceptors (Lipinski definition) is 6. The maximum Gasteiger partial charge on any atom is 0.245 e. The Morgan fingerprint density at radius 1 is 1.21 bits per heavy atom. The van der Waals surface area contributed by atoms with Crippen LogP contribution >= 0.6 is 11.7 Å². The fraction of sp³-hybridized carbons (Fsp3) is 0.350. The number of rotatable bonds is 5. The second kappa shape index (κ2) is 8.17. The highest BCUT2D eigenvalue weighted by Crippen LogP contribution is 2.28. The van der Waals surface area contributed by atoms with Crippen LogP contribution in [0, 0.1) is 5.92 Å². The smallest absolute Gasteiger partial charge is 0.245 e. The van der Waals surface area contributed by atoms with Gasteiger partial charge in [-0.2, -0.15) is 13.1 Å². The van der Waals surface area contributed by atoms with Crippen LogP contribution in [0.2, 0.25) is 0 Å². The number of benzene rings is 2. The molecule has 7 nitrogen and oxygen atoms in total. The summed E-state index contributed by atoms with van der Waals surface area (Å²) in [5, 5.41) is 2.92. The molecule has 9 heteroatoms. The summed E-state index contributed by atoms with van der Waals surface area (Å²) in [4.78, 5) is 12.9. The van der Waals surface area contributed by atoms with Gasteiger partial charge in [0.25, 0.3) is 0 Å². The average molecular weight is 431 g/mol. The molecule has 0 saturated carbocycles. The molecular formula is C20H22N4O3S2. The number of nitrogens with one attached hydrogen (secondary N) is 1. The number of nitrogens with zero attached hydrogens (tertiary/aromatic N) is 3. The highest BCUT2D eigenvalue weighted by Gasteiger charge is 2.34. The molecule has 2 aromatic carbocycles. The third kappa shape index (κ3) is 4.03. The highest BCUT2D eigenvalue weighted by atomic mass is 32.2. The minimum Gasteiger partial charge on any atom is -0.326 e. The molecule has 1 atom stereocenters. The van der Waals surface area contributed by atoms with Crippen molar-refractivity contribution in [2.45, 2.75) is 31.1 Å². The van der Waals surface area contributed by atoms with Crippen LogP contribution in [0.15, 0.2) is 47.4 Å². The molecule has 1 saturated heterocycles. The van der Waals surface area contributed by atoms with Crippen molar-refractivity contribution in [1.29, 1.82) is 0 Å². The number of aryl methyl sites for hydroxylation is 1. The number of piperidine rings is 1. The zero-order chi connectivity index (χ0) is 20.4. The van der Waals surface area contributed by atoms with Gasteiger partial charge in [-0.25, -0.2) is 8.42 Å². The van der Waals surface area contributed by atoms with Crippen LogP contribution in [0.5, 0.6) is 0 Å². The Kier molecular flexibility index (Phi) is 5.62. The molecule has 1 unspecified atom stereocenters. The summed E-state index contributed by atoms with van der Waals surface area (Å²) in [7, 11) is -3.75. The highest BCUT2D eigenvalue weighted by molar-refractivity contribution is 7.89. The van der Waals surface area contributed by atoms with Gasteiger partial charge in [-0.3, -0.25) is 4.79 Å². The molecule has 3 aromatic rings. The third-order valence-electron chi connectivity index (χ3n) is 5.25.